The summed E-state index contributed by atoms with van der Waals surface area (Å²) in [5.41, 5.74) is 6.36. The molecule has 0 aliphatic carbocycles. The second kappa shape index (κ2) is 8.66. The molecule has 3 heterocycles. The third-order valence-corrected chi connectivity index (χ3v) is 6.49. The normalized spacial score (nSPS) is 13.6. The van der Waals surface area contributed by atoms with Crippen molar-refractivity contribution in [1.29, 1.82) is 0 Å². The first kappa shape index (κ1) is 22.5. The molecule has 0 amide bonds. The lowest BCUT2D eigenvalue weighted by molar-refractivity contribution is 0.305. The summed E-state index contributed by atoms with van der Waals surface area (Å²) in [4.78, 5) is 15.4. The van der Waals surface area contributed by atoms with E-state index in [-0.39, 0.29) is 18.0 Å². The number of benzene rings is 2. The molecule has 4 aromatic rings. The van der Waals surface area contributed by atoms with Crippen molar-refractivity contribution in [3.63, 3.8) is 0 Å². The van der Waals surface area contributed by atoms with E-state index in [0.29, 0.717) is 10.8 Å². The number of nitrogens with zero attached hydrogens (tertiary/aromatic N) is 3. The average molecular weight is 470 g/mol. The van der Waals surface area contributed by atoms with Crippen LogP contribution in [0.2, 0.25) is 5.02 Å². The molecule has 0 spiro atoms. The zero-order valence-electron chi connectivity index (χ0n) is 18.3. The topological polar surface area (TPSA) is 39.4 Å². The Labute approximate surface area is 198 Å². The number of methoxy groups -OCH3 is 1. The first-order valence-corrected chi connectivity index (χ1v) is 10.7. The fourth-order valence-corrected chi connectivity index (χ4v) is 4.75. The van der Waals surface area contributed by atoms with Crippen LogP contribution in [0.15, 0.2) is 59.5 Å². The van der Waals surface area contributed by atoms with Crippen molar-refractivity contribution in [1.82, 2.24) is 14.0 Å². The third-order valence-electron chi connectivity index (χ3n) is 6.26. The molecular weight excluding hydrogens is 445 g/mol. The van der Waals surface area contributed by atoms with Gasteiger partial charge in [0.15, 0.2) is 0 Å². The third kappa shape index (κ3) is 3.71. The van der Waals surface area contributed by atoms with Gasteiger partial charge in [-0.1, -0.05) is 17.7 Å². The standard InChI is InChI=1S/C25H24ClN3O2.ClH/c1-27-10-9-21-20-7-5-18(14-22(20)28(2)23(21)15-27)29-11-8-16(12-25(29)30)19-6-4-17(26)13-24(19)31-3;/h4-8,11-14H,9-10,15H2,1-3H3;1H. The van der Waals surface area contributed by atoms with E-state index in [9.17, 15) is 4.79 Å². The van der Waals surface area contributed by atoms with Crippen molar-refractivity contribution in [2.24, 2.45) is 7.05 Å². The van der Waals surface area contributed by atoms with Gasteiger partial charge in [-0.3, -0.25) is 9.36 Å². The lowest BCUT2D eigenvalue weighted by Gasteiger charge is -2.23. The second-order valence-electron chi connectivity index (χ2n) is 8.14. The summed E-state index contributed by atoms with van der Waals surface area (Å²) >= 11 is 6.08. The number of likely N-dealkylation sites (N-methyl/N-ethyl adjacent to an activating group) is 1. The number of hydrogen-bond acceptors (Lipinski definition) is 3. The predicted molar refractivity (Wildman–Crippen MR) is 133 cm³/mol. The van der Waals surface area contributed by atoms with Gasteiger partial charge in [-0.05, 0) is 61.0 Å². The molecule has 0 fully saturated rings. The Bertz CT molecular complexity index is 1370. The van der Waals surface area contributed by atoms with Crippen LogP contribution < -0.4 is 10.3 Å². The number of ether oxygens (including phenoxy) is 1. The molecule has 0 unspecified atom stereocenters. The number of fused-ring (bicyclic) bond motifs is 3. The molecule has 5 rings (SSSR count). The molecule has 0 N–H and O–H groups in total. The lowest BCUT2D eigenvalue weighted by atomic mass is 10.0. The van der Waals surface area contributed by atoms with Gasteiger partial charge >= 0.3 is 0 Å². The number of hydrogen-bond donors (Lipinski definition) is 0. The van der Waals surface area contributed by atoms with Crippen molar-refractivity contribution >= 4 is 34.9 Å². The molecule has 2 aromatic carbocycles. The van der Waals surface area contributed by atoms with Crippen LogP contribution in [0, 0.1) is 0 Å². The van der Waals surface area contributed by atoms with Gasteiger partial charge in [0, 0.05) is 54.1 Å². The molecule has 7 heteroatoms. The number of halogens is 2. The highest BCUT2D eigenvalue weighted by Gasteiger charge is 2.21. The Morgan fingerprint density at radius 2 is 1.84 bits per heavy atom. The summed E-state index contributed by atoms with van der Waals surface area (Å²) in [5.74, 6) is 0.644. The fourth-order valence-electron chi connectivity index (χ4n) is 4.59. The summed E-state index contributed by atoms with van der Waals surface area (Å²) in [6.07, 6.45) is 2.88. The molecule has 0 bridgehead atoms. The Morgan fingerprint density at radius 3 is 2.59 bits per heavy atom. The molecule has 0 radical (unpaired) electrons. The highest BCUT2D eigenvalue weighted by atomic mass is 35.5. The van der Waals surface area contributed by atoms with Gasteiger partial charge in [-0.15, -0.1) is 12.4 Å². The van der Waals surface area contributed by atoms with E-state index in [4.69, 9.17) is 16.3 Å². The highest BCUT2D eigenvalue weighted by molar-refractivity contribution is 6.30. The number of aryl methyl sites for hydroxylation is 1. The minimum Gasteiger partial charge on any atom is -0.496 e. The fraction of sp³-hybridized carbons (Fsp3) is 0.240. The van der Waals surface area contributed by atoms with E-state index in [1.165, 1.54) is 16.6 Å². The van der Waals surface area contributed by atoms with Gasteiger partial charge in [0.05, 0.1) is 18.3 Å². The number of aromatic nitrogens is 2. The molecule has 1 aliphatic rings. The smallest absolute Gasteiger partial charge is 0.255 e. The van der Waals surface area contributed by atoms with E-state index in [1.807, 2.05) is 24.4 Å². The maximum atomic E-state index is 13.0. The van der Waals surface area contributed by atoms with Crippen LogP contribution in [0.5, 0.6) is 5.75 Å². The first-order valence-electron chi connectivity index (χ1n) is 10.3. The zero-order valence-corrected chi connectivity index (χ0v) is 19.8. The maximum Gasteiger partial charge on any atom is 0.255 e. The summed E-state index contributed by atoms with van der Waals surface area (Å²) in [7, 11) is 5.87. The molecule has 0 saturated carbocycles. The van der Waals surface area contributed by atoms with E-state index in [0.717, 1.165) is 41.8 Å². The lowest BCUT2D eigenvalue weighted by Crippen LogP contribution is -2.27. The van der Waals surface area contributed by atoms with Crippen LogP contribution in [0.1, 0.15) is 11.3 Å². The Kier molecular flexibility index (Phi) is 6.08. The Morgan fingerprint density at radius 1 is 1.03 bits per heavy atom. The monoisotopic (exact) mass is 469 g/mol. The second-order valence-corrected chi connectivity index (χ2v) is 8.58. The molecule has 1 aliphatic heterocycles. The van der Waals surface area contributed by atoms with Crippen molar-refractivity contribution in [3.05, 3.63) is 81.4 Å². The average Bonchev–Trinajstić information content (AvgIpc) is 3.04. The molecule has 0 saturated heterocycles. The number of rotatable bonds is 3. The van der Waals surface area contributed by atoms with Crippen molar-refractivity contribution in [3.8, 4) is 22.6 Å². The molecule has 2 aromatic heterocycles. The largest absolute Gasteiger partial charge is 0.496 e. The van der Waals surface area contributed by atoms with Crippen molar-refractivity contribution < 1.29 is 4.74 Å². The van der Waals surface area contributed by atoms with E-state index in [1.54, 1.807) is 29.9 Å². The van der Waals surface area contributed by atoms with Gasteiger partial charge < -0.3 is 14.2 Å². The summed E-state index contributed by atoms with van der Waals surface area (Å²) in [6.45, 7) is 2.02. The minimum atomic E-state index is -0.0902. The highest BCUT2D eigenvalue weighted by Crippen LogP contribution is 2.33. The van der Waals surface area contributed by atoms with E-state index >= 15 is 0 Å². The summed E-state index contributed by atoms with van der Waals surface area (Å²) in [5, 5.41) is 1.88. The van der Waals surface area contributed by atoms with Crippen molar-refractivity contribution in [2.45, 2.75) is 13.0 Å². The van der Waals surface area contributed by atoms with Crippen molar-refractivity contribution in [2.75, 3.05) is 20.7 Å². The summed E-state index contributed by atoms with van der Waals surface area (Å²) < 4.78 is 9.39. The van der Waals surface area contributed by atoms with Gasteiger partial charge in [0.25, 0.3) is 5.56 Å². The molecule has 5 nitrogen and oxygen atoms in total. The van der Waals surface area contributed by atoms with Crippen LogP contribution in [-0.2, 0) is 20.0 Å². The minimum absolute atomic E-state index is 0. The molecule has 32 heavy (non-hydrogen) atoms. The summed E-state index contributed by atoms with van der Waals surface area (Å²) in [6, 6.07) is 15.3. The predicted octanol–water partition coefficient (Wildman–Crippen LogP) is 5.07. The zero-order chi connectivity index (χ0) is 21.7. The van der Waals surface area contributed by atoms with Gasteiger partial charge in [-0.2, -0.15) is 0 Å². The van der Waals surface area contributed by atoms with Crippen LogP contribution >= 0.6 is 24.0 Å². The Hall–Kier alpha value is -2.73. The number of pyridine rings is 1. The molecule has 0 atom stereocenters. The maximum absolute atomic E-state index is 13.0. The molecule has 166 valence electrons. The van der Waals surface area contributed by atoms with Gasteiger partial charge in [0.2, 0.25) is 0 Å². The van der Waals surface area contributed by atoms with Crippen LogP contribution in [0.3, 0.4) is 0 Å². The van der Waals surface area contributed by atoms with E-state index in [2.05, 4.69) is 35.7 Å². The van der Waals surface area contributed by atoms with Gasteiger partial charge in [0.1, 0.15) is 5.75 Å². The molecular formula is C25H25Cl2N3O2. The van der Waals surface area contributed by atoms with Gasteiger partial charge in [-0.25, -0.2) is 0 Å². The van der Waals surface area contributed by atoms with Crippen LogP contribution in [0.25, 0.3) is 27.7 Å². The first-order chi connectivity index (χ1) is 15.0. The Balaban J connectivity index is 0.00000245. The van der Waals surface area contributed by atoms with Crippen LogP contribution in [-0.4, -0.2) is 34.7 Å². The van der Waals surface area contributed by atoms with Crippen LogP contribution in [0.4, 0.5) is 0 Å². The van der Waals surface area contributed by atoms with E-state index < -0.39 is 0 Å². The quantitative estimate of drug-likeness (QED) is 0.420. The SMILES string of the molecule is COc1cc(Cl)ccc1-c1ccn(-c2ccc3c4c(n(C)c3c2)CN(C)CC4)c(=O)c1.Cl.